The summed E-state index contributed by atoms with van der Waals surface area (Å²) >= 11 is 6.46. The number of halogens is 2. The SMILES string of the molecule is CC1(C)[C@H](C(=O)O)[C@@H]1C=CC=C(Br)Br. The molecule has 0 radical (unpaired) electrons. The Morgan fingerprint density at radius 1 is 1.43 bits per heavy atom. The number of allylic oxidation sites excluding steroid dienone is 3. The van der Waals surface area contributed by atoms with Gasteiger partial charge >= 0.3 is 5.97 Å². The molecule has 1 aliphatic rings. The number of hydrogen-bond donors (Lipinski definition) is 1. The molecule has 0 heterocycles. The van der Waals surface area contributed by atoms with Crippen molar-refractivity contribution in [3.05, 3.63) is 21.6 Å². The average Bonchev–Trinajstić information content (AvgIpc) is 2.52. The van der Waals surface area contributed by atoms with Crippen molar-refractivity contribution in [2.24, 2.45) is 17.3 Å². The molecule has 78 valence electrons. The van der Waals surface area contributed by atoms with Gasteiger partial charge in [0.15, 0.2) is 0 Å². The number of aliphatic carboxylic acids is 1. The van der Waals surface area contributed by atoms with Crippen LogP contribution in [0.15, 0.2) is 21.6 Å². The summed E-state index contributed by atoms with van der Waals surface area (Å²) in [5, 5.41) is 8.90. The minimum atomic E-state index is -0.702. The molecule has 0 aromatic heterocycles. The lowest BCUT2D eigenvalue weighted by Crippen LogP contribution is -2.02. The largest absolute Gasteiger partial charge is 0.481 e. The summed E-state index contributed by atoms with van der Waals surface area (Å²) in [5.41, 5.74) is -0.102. The molecule has 0 bridgehead atoms. The Kier molecular flexibility index (Phi) is 3.58. The minimum absolute atomic E-state index is 0.102. The second kappa shape index (κ2) is 4.19. The zero-order valence-electron chi connectivity index (χ0n) is 8.00. The van der Waals surface area contributed by atoms with Gasteiger partial charge in [0.2, 0.25) is 0 Å². The third kappa shape index (κ3) is 2.48. The number of carbonyl (C=O) groups is 1. The lowest BCUT2D eigenvalue weighted by atomic mass is 10.1. The molecule has 2 atom stereocenters. The van der Waals surface area contributed by atoms with Crippen LogP contribution in [0.2, 0.25) is 0 Å². The van der Waals surface area contributed by atoms with Gasteiger partial charge in [0.05, 0.1) is 9.31 Å². The van der Waals surface area contributed by atoms with Crippen LogP contribution in [0.5, 0.6) is 0 Å². The molecule has 0 aliphatic heterocycles. The highest BCUT2D eigenvalue weighted by Gasteiger charge is 2.60. The maximum Gasteiger partial charge on any atom is 0.307 e. The number of carboxylic acid groups (broad SMARTS) is 1. The van der Waals surface area contributed by atoms with Crippen molar-refractivity contribution in [2.75, 3.05) is 0 Å². The highest BCUT2D eigenvalue weighted by molar-refractivity contribution is 9.28. The first-order valence-corrected chi connectivity index (χ1v) is 5.88. The summed E-state index contributed by atoms with van der Waals surface area (Å²) < 4.78 is 0.853. The molecule has 1 saturated carbocycles. The monoisotopic (exact) mass is 322 g/mol. The van der Waals surface area contributed by atoms with Crippen molar-refractivity contribution in [1.29, 1.82) is 0 Å². The van der Waals surface area contributed by atoms with Crippen LogP contribution in [0.1, 0.15) is 13.8 Å². The molecule has 2 nitrogen and oxygen atoms in total. The second-order valence-corrected chi connectivity index (χ2v) is 6.78. The molecule has 1 N–H and O–H groups in total. The molecule has 14 heavy (non-hydrogen) atoms. The second-order valence-electron chi connectivity index (χ2n) is 4.00. The first kappa shape index (κ1) is 12.0. The fourth-order valence-electron chi connectivity index (χ4n) is 1.76. The molecule has 0 aromatic carbocycles. The van der Waals surface area contributed by atoms with E-state index in [0.29, 0.717) is 0 Å². The summed E-state index contributed by atoms with van der Waals surface area (Å²) in [7, 11) is 0. The van der Waals surface area contributed by atoms with E-state index in [2.05, 4.69) is 31.9 Å². The van der Waals surface area contributed by atoms with Crippen molar-refractivity contribution in [3.8, 4) is 0 Å². The molecule has 1 fully saturated rings. The van der Waals surface area contributed by atoms with Crippen molar-refractivity contribution in [3.63, 3.8) is 0 Å². The minimum Gasteiger partial charge on any atom is -0.481 e. The molecule has 1 aliphatic carbocycles. The Bertz CT molecular complexity index is 301. The smallest absolute Gasteiger partial charge is 0.307 e. The fraction of sp³-hybridized carbons (Fsp3) is 0.500. The van der Waals surface area contributed by atoms with Gasteiger partial charge in [-0.2, -0.15) is 0 Å². The van der Waals surface area contributed by atoms with Gasteiger partial charge in [0.1, 0.15) is 0 Å². The Labute approximate surface area is 100 Å². The van der Waals surface area contributed by atoms with Crippen molar-refractivity contribution in [2.45, 2.75) is 13.8 Å². The van der Waals surface area contributed by atoms with E-state index < -0.39 is 5.97 Å². The highest BCUT2D eigenvalue weighted by atomic mass is 79.9. The van der Waals surface area contributed by atoms with E-state index in [4.69, 9.17) is 5.11 Å². The van der Waals surface area contributed by atoms with Crippen molar-refractivity contribution in [1.82, 2.24) is 0 Å². The first-order chi connectivity index (χ1) is 6.37. The van der Waals surface area contributed by atoms with E-state index in [0.717, 1.165) is 3.39 Å². The predicted molar refractivity (Wildman–Crippen MR) is 63.5 cm³/mol. The molecular weight excluding hydrogens is 312 g/mol. The molecule has 0 saturated heterocycles. The van der Waals surface area contributed by atoms with E-state index in [1.807, 2.05) is 32.1 Å². The Morgan fingerprint density at radius 2 is 2.00 bits per heavy atom. The van der Waals surface area contributed by atoms with Gasteiger partial charge in [-0.3, -0.25) is 4.79 Å². The topological polar surface area (TPSA) is 37.3 Å². The van der Waals surface area contributed by atoms with Gasteiger partial charge in [0, 0.05) is 0 Å². The molecule has 4 heteroatoms. The van der Waals surface area contributed by atoms with Crippen molar-refractivity contribution < 1.29 is 9.90 Å². The van der Waals surface area contributed by atoms with Crippen LogP contribution >= 0.6 is 31.9 Å². The van der Waals surface area contributed by atoms with E-state index >= 15 is 0 Å². The Balaban J connectivity index is 2.62. The molecule has 0 aromatic rings. The van der Waals surface area contributed by atoms with E-state index in [1.54, 1.807) is 0 Å². The highest BCUT2D eigenvalue weighted by Crippen LogP contribution is 2.59. The molecular formula is C10H12Br2O2. The molecule has 1 rings (SSSR count). The fourth-order valence-corrected chi connectivity index (χ4v) is 2.06. The van der Waals surface area contributed by atoms with Crippen molar-refractivity contribution >= 4 is 37.8 Å². The quantitative estimate of drug-likeness (QED) is 0.807. The third-order valence-electron chi connectivity index (χ3n) is 2.72. The van der Waals surface area contributed by atoms with Gasteiger partial charge in [-0.25, -0.2) is 0 Å². The van der Waals surface area contributed by atoms with Gasteiger partial charge in [-0.1, -0.05) is 26.0 Å². The summed E-state index contributed by atoms with van der Waals surface area (Å²) in [6.07, 6.45) is 5.66. The maximum absolute atomic E-state index is 10.8. The number of hydrogen-bond acceptors (Lipinski definition) is 1. The van der Waals surface area contributed by atoms with Crippen LogP contribution in [0.4, 0.5) is 0 Å². The standard InChI is InChI=1S/C10H12Br2O2/c1-10(2)6(8(10)9(13)14)4-3-5-7(11)12/h3-6,8H,1-2H3,(H,13,14)/t6-,8-/m0/s1. The van der Waals surface area contributed by atoms with Crippen LogP contribution in [0, 0.1) is 17.3 Å². The number of carboxylic acids is 1. The van der Waals surface area contributed by atoms with E-state index in [9.17, 15) is 4.79 Å². The zero-order chi connectivity index (χ0) is 10.9. The van der Waals surface area contributed by atoms with E-state index in [-0.39, 0.29) is 17.3 Å². The van der Waals surface area contributed by atoms with E-state index in [1.165, 1.54) is 0 Å². The third-order valence-corrected chi connectivity index (χ3v) is 3.25. The van der Waals surface area contributed by atoms with Crippen LogP contribution in [-0.2, 0) is 4.79 Å². The molecule has 0 amide bonds. The lowest BCUT2D eigenvalue weighted by Gasteiger charge is -1.95. The first-order valence-electron chi connectivity index (χ1n) is 4.29. The lowest BCUT2D eigenvalue weighted by molar-refractivity contribution is -0.139. The maximum atomic E-state index is 10.8. The predicted octanol–water partition coefficient (Wildman–Crippen LogP) is 3.53. The number of rotatable bonds is 3. The Hall–Kier alpha value is -0.0900. The Morgan fingerprint density at radius 3 is 2.36 bits per heavy atom. The van der Waals surface area contributed by atoms with Gasteiger partial charge < -0.3 is 5.11 Å². The van der Waals surface area contributed by atoms with Crippen LogP contribution in [0.3, 0.4) is 0 Å². The van der Waals surface area contributed by atoms with Gasteiger partial charge in [-0.15, -0.1) is 0 Å². The summed E-state index contributed by atoms with van der Waals surface area (Å²) in [6, 6.07) is 0. The summed E-state index contributed by atoms with van der Waals surface area (Å²) in [4.78, 5) is 10.8. The average molecular weight is 324 g/mol. The zero-order valence-corrected chi connectivity index (χ0v) is 11.2. The van der Waals surface area contributed by atoms with Crippen LogP contribution in [-0.4, -0.2) is 11.1 Å². The van der Waals surface area contributed by atoms with Crippen LogP contribution < -0.4 is 0 Å². The van der Waals surface area contributed by atoms with Crippen LogP contribution in [0.25, 0.3) is 0 Å². The summed E-state index contributed by atoms with van der Waals surface area (Å²) in [6.45, 7) is 3.96. The summed E-state index contributed by atoms with van der Waals surface area (Å²) in [5.74, 6) is -0.789. The molecule has 0 unspecified atom stereocenters. The molecule has 0 spiro atoms. The van der Waals surface area contributed by atoms with Gasteiger partial charge in [-0.05, 0) is 49.3 Å². The van der Waals surface area contributed by atoms with Gasteiger partial charge in [0.25, 0.3) is 0 Å². The normalized spacial score (nSPS) is 28.9.